The Morgan fingerprint density at radius 1 is 1.29 bits per heavy atom. The predicted octanol–water partition coefficient (Wildman–Crippen LogP) is 2.61. The lowest BCUT2D eigenvalue weighted by atomic mass is 10.1. The molecule has 21 heavy (non-hydrogen) atoms. The minimum absolute atomic E-state index is 0.0213. The minimum Gasteiger partial charge on any atom is -0.496 e. The van der Waals surface area contributed by atoms with Crippen LogP contribution < -0.4 is 10.1 Å². The lowest BCUT2D eigenvalue weighted by molar-refractivity contribution is 0.0950. The largest absolute Gasteiger partial charge is 0.496 e. The second-order valence-electron chi connectivity index (χ2n) is 5.70. The smallest absolute Gasteiger partial charge is 0.251 e. The third-order valence-electron chi connectivity index (χ3n) is 4.06. The number of amides is 1. The highest BCUT2D eigenvalue weighted by molar-refractivity contribution is 5.94. The number of aryl methyl sites for hydroxylation is 1. The van der Waals surface area contributed by atoms with Gasteiger partial charge < -0.3 is 15.0 Å². The van der Waals surface area contributed by atoms with Crippen LogP contribution in [0.4, 0.5) is 0 Å². The zero-order valence-corrected chi connectivity index (χ0v) is 13.2. The fourth-order valence-electron chi connectivity index (χ4n) is 2.75. The van der Waals surface area contributed by atoms with Crippen molar-refractivity contribution in [3.05, 3.63) is 29.3 Å². The van der Waals surface area contributed by atoms with Crippen LogP contribution in [0.2, 0.25) is 0 Å². The number of piperidine rings is 1. The molecule has 2 rings (SSSR count). The normalized spacial score (nSPS) is 15.7. The van der Waals surface area contributed by atoms with Gasteiger partial charge in [-0.1, -0.05) is 12.5 Å². The van der Waals surface area contributed by atoms with E-state index in [0.717, 1.165) is 30.8 Å². The molecule has 1 aliphatic rings. The maximum Gasteiger partial charge on any atom is 0.251 e. The Labute approximate surface area is 127 Å². The lowest BCUT2D eigenvalue weighted by Crippen LogP contribution is -2.33. The highest BCUT2D eigenvalue weighted by Gasteiger charge is 2.10. The van der Waals surface area contributed by atoms with Crippen molar-refractivity contribution in [2.24, 2.45) is 0 Å². The van der Waals surface area contributed by atoms with Gasteiger partial charge in [0.1, 0.15) is 5.75 Å². The zero-order chi connectivity index (χ0) is 15.1. The van der Waals surface area contributed by atoms with E-state index in [4.69, 9.17) is 4.74 Å². The summed E-state index contributed by atoms with van der Waals surface area (Å²) < 4.78 is 5.25. The van der Waals surface area contributed by atoms with Crippen molar-refractivity contribution < 1.29 is 9.53 Å². The number of carbonyl (C=O) groups is 1. The summed E-state index contributed by atoms with van der Waals surface area (Å²) in [6.07, 6.45) is 5.00. The van der Waals surface area contributed by atoms with Gasteiger partial charge in [-0.05, 0) is 63.5 Å². The summed E-state index contributed by atoms with van der Waals surface area (Å²) in [7, 11) is 1.63. The Morgan fingerprint density at radius 3 is 2.76 bits per heavy atom. The molecule has 1 saturated heterocycles. The first-order valence-corrected chi connectivity index (χ1v) is 7.86. The molecule has 0 aliphatic carbocycles. The molecule has 4 nitrogen and oxygen atoms in total. The topological polar surface area (TPSA) is 41.6 Å². The second-order valence-corrected chi connectivity index (χ2v) is 5.70. The summed E-state index contributed by atoms with van der Waals surface area (Å²) in [4.78, 5) is 14.6. The van der Waals surface area contributed by atoms with Crippen LogP contribution in [0.3, 0.4) is 0 Å². The van der Waals surface area contributed by atoms with Crippen LogP contribution >= 0.6 is 0 Å². The van der Waals surface area contributed by atoms with Crippen molar-refractivity contribution in [2.75, 3.05) is 33.3 Å². The molecule has 1 aromatic rings. The lowest BCUT2D eigenvalue weighted by Gasteiger charge is -2.26. The van der Waals surface area contributed by atoms with Gasteiger partial charge in [0.15, 0.2) is 0 Å². The highest BCUT2D eigenvalue weighted by Crippen LogP contribution is 2.18. The van der Waals surface area contributed by atoms with Crippen LogP contribution in [0.1, 0.15) is 41.6 Å². The van der Waals surface area contributed by atoms with Crippen molar-refractivity contribution in [3.63, 3.8) is 0 Å². The zero-order valence-electron chi connectivity index (χ0n) is 13.2. The Balaban J connectivity index is 1.74. The summed E-state index contributed by atoms with van der Waals surface area (Å²) in [5, 5.41) is 2.99. The molecule has 0 radical (unpaired) electrons. The summed E-state index contributed by atoms with van der Waals surface area (Å²) in [5.74, 6) is 0.739. The molecule has 0 spiro atoms. The highest BCUT2D eigenvalue weighted by atomic mass is 16.5. The van der Waals surface area contributed by atoms with Crippen LogP contribution in [0, 0.1) is 6.92 Å². The van der Waals surface area contributed by atoms with E-state index < -0.39 is 0 Å². The van der Waals surface area contributed by atoms with Crippen molar-refractivity contribution in [1.82, 2.24) is 10.2 Å². The molecule has 0 saturated carbocycles. The van der Waals surface area contributed by atoms with Crippen molar-refractivity contribution >= 4 is 5.91 Å². The molecule has 1 N–H and O–H groups in total. The van der Waals surface area contributed by atoms with Gasteiger partial charge >= 0.3 is 0 Å². The minimum atomic E-state index is -0.0213. The SMILES string of the molecule is COc1cc(C(=O)NCCCN2CCCCC2)ccc1C. The molecule has 0 unspecified atom stereocenters. The van der Waals surface area contributed by atoms with Gasteiger partial charge in [-0.15, -0.1) is 0 Å². The first-order chi connectivity index (χ1) is 10.2. The average Bonchev–Trinajstić information content (AvgIpc) is 2.53. The first kappa shape index (κ1) is 15.8. The number of likely N-dealkylation sites (tertiary alicyclic amines) is 1. The Bertz CT molecular complexity index is 468. The number of carbonyl (C=O) groups excluding carboxylic acids is 1. The van der Waals surface area contributed by atoms with Gasteiger partial charge in [0.2, 0.25) is 0 Å². The van der Waals surface area contributed by atoms with E-state index in [2.05, 4.69) is 10.2 Å². The molecular formula is C17H26N2O2. The van der Waals surface area contributed by atoms with Gasteiger partial charge in [0.25, 0.3) is 5.91 Å². The molecule has 1 aromatic carbocycles. The summed E-state index contributed by atoms with van der Waals surface area (Å²) in [6.45, 7) is 6.20. The second kappa shape index (κ2) is 8.03. The van der Waals surface area contributed by atoms with E-state index in [1.165, 1.54) is 32.4 Å². The molecule has 1 amide bonds. The van der Waals surface area contributed by atoms with E-state index >= 15 is 0 Å². The van der Waals surface area contributed by atoms with Crippen LogP contribution in [0.5, 0.6) is 5.75 Å². The van der Waals surface area contributed by atoms with Gasteiger partial charge in [-0.25, -0.2) is 0 Å². The number of hydrogen-bond acceptors (Lipinski definition) is 3. The van der Waals surface area contributed by atoms with Crippen LogP contribution in [-0.2, 0) is 0 Å². The number of methoxy groups -OCH3 is 1. The third-order valence-corrected chi connectivity index (χ3v) is 4.06. The number of hydrogen-bond donors (Lipinski definition) is 1. The molecule has 0 aromatic heterocycles. The Kier molecular flexibility index (Phi) is 6.05. The number of benzene rings is 1. The molecule has 1 heterocycles. The number of nitrogens with one attached hydrogen (secondary N) is 1. The maximum atomic E-state index is 12.1. The van der Waals surface area contributed by atoms with Gasteiger partial charge in [0, 0.05) is 12.1 Å². The number of nitrogens with zero attached hydrogens (tertiary/aromatic N) is 1. The van der Waals surface area contributed by atoms with Crippen molar-refractivity contribution in [1.29, 1.82) is 0 Å². The van der Waals surface area contributed by atoms with Crippen molar-refractivity contribution in [2.45, 2.75) is 32.6 Å². The number of rotatable bonds is 6. The van der Waals surface area contributed by atoms with E-state index in [0.29, 0.717) is 5.56 Å². The molecule has 0 bridgehead atoms. The van der Waals surface area contributed by atoms with E-state index in [-0.39, 0.29) is 5.91 Å². The van der Waals surface area contributed by atoms with E-state index in [9.17, 15) is 4.79 Å². The van der Waals surface area contributed by atoms with Gasteiger partial charge in [-0.3, -0.25) is 4.79 Å². The van der Waals surface area contributed by atoms with E-state index in [1.54, 1.807) is 13.2 Å². The predicted molar refractivity (Wildman–Crippen MR) is 85.0 cm³/mol. The fraction of sp³-hybridized carbons (Fsp3) is 0.588. The quantitative estimate of drug-likeness (QED) is 0.819. The molecule has 1 fully saturated rings. The number of ether oxygens (including phenoxy) is 1. The molecule has 116 valence electrons. The van der Waals surface area contributed by atoms with Gasteiger partial charge in [-0.2, -0.15) is 0 Å². The standard InChI is InChI=1S/C17H26N2O2/c1-14-7-8-15(13-16(14)21-2)17(20)18-9-6-12-19-10-4-3-5-11-19/h7-8,13H,3-6,9-12H2,1-2H3,(H,18,20). The van der Waals surface area contributed by atoms with Crippen LogP contribution in [0.25, 0.3) is 0 Å². The maximum absolute atomic E-state index is 12.1. The summed E-state index contributed by atoms with van der Waals surface area (Å²) >= 11 is 0. The molecular weight excluding hydrogens is 264 g/mol. The van der Waals surface area contributed by atoms with E-state index in [1.807, 2.05) is 19.1 Å². The molecule has 1 aliphatic heterocycles. The summed E-state index contributed by atoms with van der Waals surface area (Å²) in [6, 6.07) is 5.56. The molecule has 4 heteroatoms. The van der Waals surface area contributed by atoms with Crippen LogP contribution in [-0.4, -0.2) is 44.1 Å². The van der Waals surface area contributed by atoms with Crippen LogP contribution in [0.15, 0.2) is 18.2 Å². The fourth-order valence-corrected chi connectivity index (χ4v) is 2.75. The Hall–Kier alpha value is -1.55. The first-order valence-electron chi connectivity index (χ1n) is 7.86. The average molecular weight is 290 g/mol. The third kappa shape index (κ3) is 4.74. The monoisotopic (exact) mass is 290 g/mol. The summed E-state index contributed by atoms with van der Waals surface area (Å²) in [5.41, 5.74) is 1.70. The van der Waals surface area contributed by atoms with Crippen molar-refractivity contribution in [3.8, 4) is 5.75 Å². The Morgan fingerprint density at radius 2 is 2.05 bits per heavy atom. The molecule has 0 atom stereocenters. The van der Waals surface area contributed by atoms with Gasteiger partial charge in [0.05, 0.1) is 7.11 Å².